The van der Waals surface area contributed by atoms with Crippen molar-refractivity contribution in [3.05, 3.63) is 35.9 Å². The molecule has 0 bridgehead atoms. The van der Waals surface area contributed by atoms with Crippen LogP contribution in [0.25, 0.3) is 0 Å². The molecule has 0 radical (unpaired) electrons. The molecule has 0 saturated heterocycles. The van der Waals surface area contributed by atoms with E-state index in [-0.39, 0.29) is 5.91 Å². The monoisotopic (exact) mass is 267 g/mol. The molecule has 1 saturated carbocycles. The fourth-order valence-corrected chi connectivity index (χ4v) is 2.25. The van der Waals surface area contributed by atoms with Crippen molar-refractivity contribution in [3.63, 3.8) is 0 Å². The van der Waals surface area contributed by atoms with Crippen LogP contribution in [-0.2, 0) is 0 Å². The van der Waals surface area contributed by atoms with E-state index in [1.54, 1.807) is 0 Å². The van der Waals surface area contributed by atoms with Crippen LogP contribution in [0.1, 0.15) is 23.2 Å². The molecular weight excluding hydrogens is 254 g/mol. The molecule has 3 heteroatoms. The van der Waals surface area contributed by atoms with Gasteiger partial charge in [0, 0.05) is 17.4 Å². The van der Waals surface area contributed by atoms with E-state index in [9.17, 15) is 4.79 Å². The number of benzene rings is 1. The zero-order chi connectivity index (χ0) is 10.7. The number of alkyl halides is 1. The molecular formula is C12H14BrNO. The maximum atomic E-state index is 11.7. The Kier molecular flexibility index (Phi) is 3.10. The van der Waals surface area contributed by atoms with E-state index in [4.69, 9.17) is 0 Å². The van der Waals surface area contributed by atoms with Gasteiger partial charge in [-0.15, -0.1) is 0 Å². The number of nitrogens with one attached hydrogen (secondary N) is 1. The minimum atomic E-state index is 0.0304. The lowest BCUT2D eigenvalue weighted by Crippen LogP contribution is -2.30. The number of hydrogen-bond acceptors (Lipinski definition) is 1. The minimum Gasteiger partial charge on any atom is -0.351 e. The first-order valence-corrected chi connectivity index (χ1v) is 6.27. The third-order valence-electron chi connectivity index (χ3n) is 2.90. The molecule has 0 atom stereocenters. The Bertz CT molecular complexity index is 346. The number of rotatable bonds is 4. The first kappa shape index (κ1) is 10.7. The molecule has 1 aromatic carbocycles. The normalized spacial score (nSPS) is 17.1. The Morgan fingerprint density at radius 2 is 2.00 bits per heavy atom. The highest BCUT2D eigenvalue weighted by Gasteiger charge is 2.41. The van der Waals surface area contributed by atoms with Gasteiger partial charge in [-0.2, -0.15) is 0 Å². The van der Waals surface area contributed by atoms with Crippen molar-refractivity contribution in [1.82, 2.24) is 5.32 Å². The lowest BCUT2D eigenvalue weighted by Gasteiger charge is -2.12. The van der Waals surface area contributed by atoms with Gasteiger partial charge in [-0.1, -0.05) is 34.1 Å². The molecule has 1 fully saturated rings. The summed E-state index contributed by atoms with van der Waals surface area (Å²) in [5.41, 5.74) is 1.08. The molecule has 2 rings (SSSR count). The highest BCUT2D eigenvalue weighted by Crippen LogP contribution is 2.46. The molecule has 1 N–H and O–H groups in total. The average Bonchev–Trinajstić information content (AvgIpc) is 3.08. The first-order valence-electron chi connectivity index (χ1n) is 5.15. The summed E-state index contributed by atoms with van der Waals surface area (Å²) < 4.78 is 0. The Morgan fingerprint density at radius 3 is 2.53 bits per heavy atom. The van der Waals surface area contributed by atoms with E-state index in [0.29, 0.717) is 5.41 Å². The van der Waals surface area contributed by atoms with Gasteiger partial charge in [0.05, 0.1) is 0 Å². The summed E-state index contributed by atoms with van der Waals surface area (Å²) in [7, 11) is 0. The Hall–Kier alpha value is -0.830. The zero-order valence-electron chi connectivity index (χ0n) is 8.50. The second-order valence-electron chi connectivity index (χ2n) is 4.18. The lowest BCUT2D eigenvalue weighted by atomic mass is 10.1. The Labute approximate surface area is 98.2 Å². The average molecular weight is 268 g/mol. The Balaban J connectivity index is 1.88. The second kappa shape index (κ2) is 4.35. The molecule has 1 aliphatic carbocycles. The minimum absolute atomic E-state index is 0.0304. The third-order valence-corrected chi connectivity index (χ3v) is 4.09. The van der Waals surface area contributed by atoms with Crippen molar-refractivity contribution in [2.75, 3.05) is 11.9 Å². The van der Waals surface area contributed by atoms with Gasteiger partial charge < -0.3 is 5.32 Å². The molecule has 1 aliphatic rings. The van der Waals surface area contributed by atoms with Crippen LogP contribution < -0.4 is 5.32 Å². The van der Waals surface area contributed by atoms with Crippen molar-refractivity contribution >= 4 is 21.8 Å². The summed E-state index contributed by atoms with van der Waals surface area (Å²) in [6.07, 6.45) is 2.43. The smallest absolute Gasteiger partial charge is 0.251 e. The Morgan fingerprint density at radius 1 is 1.33 bits per heavy atom. The van der Waals surface area contributed by atoms with Gasteiger partial charge in [-0.05, 0) is 30.4 Å². The maximum absolute atomic E-state index is 11.7. The number of hydrogen-bond donors (Lipinski definition) is 1. The summed E-state index contributed by atoms with van der Waals surface area (Å²) in [5, 5.41) is 3.96. The van der Waals surface area contributed by atoms with Gasteiger partial charge in [0.2, 0.25) is 0 Å². The van der Waals surface area contributed by atoms with E-state index in [1.165, 1.54) is 12.8 Å². The van der Waals surface area contributed by atoms with Crippen molar-refractivity contribution in [2.24, 2.45) is 5.41 Å². The summed E-state index contributed by atoms with van der Waals surface area (Å²) >= 11 is 3.49. The lowest BCUT2D eigenvalue weighted by molar-refractivity contribution is 0.0946. The molecule has 80 valence electrons. The fourth-order valence-electron chi connectivity index (χ4n) is 1.49. The maximum Gasteiger partial charge on any atom is 0.251 e. The van der Waals surface area contributed by atoms with E-state index in [1.807, 2.05) is 30.3 Å². The van der Waals surface area contributed by atoms with Crippen LogP contribution >= 0.6 is 15.9 Å². The SMILES string of the molecule is O=C(NCC1(CBr)CC1)c1ccccc1. The standard InChI is InChI=1S/C12H14BrNO/c13-8-12(6-7-12)9-14-11(15)10-4-2-1-3-5-10/h1-5H,6-9H2,(H,14,15). The second-order valence-corrected chi connectivity index (χ2v) is 4.74. The predicted molar refractivity (Wildman–Crippen MR) is 64.2 cm³/mol. The number of carbonyl (C=O) groups is 1. The highest BCUT2D eigenvalue weighted by molar-refractivity contribution is 9.09. The largest absolute Gasteiger partial charge is 0.351 e. The van der Waals surface area contributed by atoms with Crippen LogP contribution in [0.3, 0.4) is 0 Å². The molecule has 1 aromatic rings. The molecule has 0 heterocycles. The predicted octanol–water partition coefficient (Wildman–Crippen LogP) is 2.59. The molecule has 0 aliphatic heterocycles. The van der Waals surface area contributed by atoms with Gasteiger partial charge >= 0.3 is 0 Å². The molecule has 1 amide bonds. The molecule has 15 heavy (non-hydrogen) atoms. The molecule has 2 nitrogen and oxygen atoms in total. The highest BCUT2D eigenvalue weighted by atomic mass is 79.9. The van der Waals surface area contributed by atoms with Gasteiger partial charge in [-0.25, -0.2) is 0 Å². The molecule has 0 spiro atoms. The quantitative estimate of drug-likeness (QED) is 0.835. The number of halogens is 1. The van der Waals surface area contributed by atoms with Crippen LogP contribution in [0.2, 0.25) is 0 Å². The van der Waals surface area contributed by atoms with Crippen LogP contribution in [0.4, 0.5) is 0 Å². The van der Waals surface area contributed by atoms with Crippen molar-refractivity contribution in [2.45, 2.75) is 12.8 Å². The summed E-state index contributed by atoms with van der Waals surface area (Å²) in [6, 6.07) is 9.35. The van der Waals surface area contributed by atoms with E-state index in [2.05, 4.69) is 21.2 Å². The van der Waals surface area contributed by atoms with Gasteiger partial charge in [0.1, 0.15) is 0 Å². The van der Waals surface area contributed by atoms with Crippen LogP contribution in [-0.4, -0.2) is 17.8 Å². The summed E-state index contributed by atoms with van der Waals surface area (Å²) in [6.45, 7) is 0.784. The van der Waals surface area contributed by atoms with Crippen LogP contribution in [0, 0.1) is 5.41 Å². The van der Waals surface area contributed by atoms with Crippen molar-refractivity contribution in [3.8, 4) is 0 Å². The molecule has 0 aromatic heterocycles. The van der Waals surface area contributed by atoms with Gasteiger partial charge in [0.25, 0.3) is 5.91 Å². The van der Waals surface area contributed by atoms with Gasteiger partial charge in [0.15, 0.2) is 0 Å². The topological polar surface area (TPSA) is 29.1 Å². The van der Waals surface area contributed by atoms with Crippen molar-refractivity contribution < 1.29 is 4.79 Å². The number of carbonyl (C=O) groups excluding carboxylic acids is 1. The van der Waals surface area contributed by atoms with E-state index >= 15 is 0 Å². The number of amides is 1. The third kappa shape index (κ3) is 2.59. The van der Waals surface area contributed by atoms with Crippen LogP contribution in [0.15, 0.2) is 30.3 Å². The van der Waals surface area contributed by atoms with E-state index < -0.39 is 0 Å². The van der Waals surface area contributed by atoms with Gasteiger partial charge in [-0.3, -0.25) is 4.79 Å². The zero-order valence-corrected chi connectivity index (χ0v) is 10.1. The fraction of sp³-hybridized carbons (Fsp3) is 0.417. The first-order chi connectivity index (χ1) is 7.26. The summed E-state index contributed by atoms with van der Waals surface area (Å²) in [4.78, 5) is 11.7. The molecule has 0 unspecified atom stereocenters. The van der Waals surface area contributed by atoms with E-state index in [0.717, 1.165) is 17.4 Å². The van der Waals surface area contributed by atoms with Crippen LogP contribution in [0.5, 0.6) is 0 Å². The summed E-state index contributed by atoms with van der Waals surface area (Å²) in [5.74, 6) is 0.0304. The van der Waals surface area contributed by atoms with Crippen molar-refractivity contribution in [1.29, 1.82) is 0 Å².